The molecule has 0 fully saturated rings. The van der Waals surface area contributed by atoms with Gasteiger partial charge in [0.05, 0.1) is 6.61 Å². The standard InChI is InChI=1S/C15H20N4O2/c1-2-7-21-15-10-14(17-11-18-15)19-12-4-3-5-13(9-12)20-8-6-16/h3-5,9-11H,2,6-8,16H2,1H3,(H,17,18,19). The highest BCUT2D eigenvalue weighted by Crippen LogP contribution is 2.21. The Morgan fingerprint density at radius 3 is 2.86 bits per heavy atom. The monoisotopic (exact) mass is 288 g/mol. The predicted octanol–water partition coefficient (Wildman–Crippen LogP) is 2.35. The van der Waals surface area contributed by atoms with Crippen LogP contribution in [0.5, 0.6) is 11.6 Å². The summed E-state index contributed by atoms with van der Waals surface area (Å²) in [5.41, 5.74) is 6.30. The van der Waals surface area contributed by atoms with Crippen molar-refractivity contribution >= 4 is 11.5 Å². The van der Waals surface area contributed by atoms with Crippen LogP contribution in [-0.4, -0.2) is 29.7 Å². The highest BCUT2D eigenvalue weighted by Gasteiger charge is 2.02. The zero-order chi connectivity index (χ0) is 14.9. The quantitative estimate of drug-likeness (QED) is 0.776. The molecule has 0 unspecified atom stereocenters. The number of anilines is 2. The molecule has 1 aromatic heterocycles. The molecular formula is C15H20N4O2. The Labute approximate surface area is 124 Å². The van der Waals surface area contributed by atoms with Crippen molar-refractivity contribution in [2.24, 2.45) is 5.73 Å². The van der Waals surface area contributed by atoms with Gasteiger partial charge in [-0.2, -0.15) is 0 Å². The van der Waals surface area contributed by atoms with Crippen LogP contribution in [0.15, 0.2) is 36.7 Å². The number of nitrogens with zero attached hydrogens (tertiary/aromatic N) is 2. The van der Waals surface area contributed by atoms with E-state index in [9.17, 15) is 0 Å². The van der Waals surface area contributed by atoms with Crippen LogP contribution in [0.3, 0.4) is 0 Å². The summed E-state index contributed by atoms with van der Waals surface area (Å²) < 4.78 is 11.0. The molecular weight excluding hydrogens is 268 g/mol. The van der Waals surface area contributed by atoms with E-state index in [1.54, 1.807) is 6.07 Å². The van der Waals surface area contributed by atoms with Crippen molar-refractivity contribution < 1.29 is 9.47 Å². The Hall–Kier alpha value is -2.34. The molecule has 0 radical (unpaired) electrons. The first-order chi connectivity index (χ1) is 10.3. The van der Waals surface area contributed by atoms with Crippen molar-refractivity contribution in [2.45, 2.75) is 13.3 Å². The maximum atomic E-state index is 5.49. The van der Waals surface area contributed by atoms with Crippen molar-refractivity contribution in [1.82, 2.24) is 9.97 Å². The molecule has 0 aliphatic heterocycles. The summed E-state index contributed by atoms with van der Waals surface area (Å²) in [4.78, 5) is 8.24. The lowest BCUT2D eigenvalue weighted by Crippen LogP contribution is -2.10. The normalized spacial score (nSPS) is 10.2. The fourth-order valence-electron chi connectivity index (χ4n) is 1.68. The lowest BCUT2D eigenvalue weighted by Gasteiger charge is -2.09. The second kappa shape index (κ2) is 8.06. The Balaban J connectivity index is 2.03. The van der Waals surface area contributed by atoms with Gasteiger partial charge in [0.25, 0.3) is 0 Å². The molecule has 0 aliphatic rings. The SMILES string of the molecule is CCCOc1cc(Nc2cccc(OCCN)c2)ncn1. The van der Waals surface area contributed by atoms with Crippen molar-refractivity contribution in [3.05, 3.63) is 36.7 Å². The summed E-state index contributed by atoms with van der Waals surface area (Å²) in [6.45, 7) is 3.67. The summed E-state index contributed by atoms with van der Waals surface area (Å²) in [6.07, 6.45) is 2.41. The largest absolute Gasteiger partial charge is 0.492 e. The van der Waals surface area contributed by atoms with Crippen molar-refractivity contribution in [3.8, 4) is 11.6 Å². The van der Waals surface area contributed by atoms with Gasteiger partial charge >= 0.3 is 0 Å². The van der Waals surface area contributed by atoms with Crippen LogP contribution in [0.25, 0.3) is 0 Å². The van der Waals surface area contributed by atoms with Gasteiger partial charge < -0.3 is 20.5 Å². The van der Waals surface area contributed by atoms with Gasteiger partial charge in [-0.25, -0.2) is 9.97 Å². The number of benzene rings is 1. The van der Waals surface area contributed by atoms with Crippen LogP contribution >= 0.6 is 0 Å². The molecule has 0 bridgehead atoms. The van der Waals surface area contributed by atoms with Gasteiger partial charge in [-0.3, -0.25) is 0 Å². The van der Waals surface area contributed by atoms with Crippen LogP contribution < -0.4 is 20.5 Å². The average Bonchev–Trinajstić information content (AvgIpc) is 2.52. The number of rotatable bonds is 8. The molecule has 112 valence electrons. The minimum Gasteiger partial charge on any atom is -0.492 e. The van der Waals surface area contributed by atoms with Crippen LogP contribution in [-0.2, 0) is 0 Å². The summed E-state index contributed by atoms with van der Waals surface area (Å²) in [5, 5.41) is 3.20. The zero-order valence-corrected chi connectivity index (χ0v) is 12.1. The fourth-order valence-corrected chi connectivity index (χ4v) is 1.68. The van der Waals surface area contributed by atoms with E-state index in [1.165, 1.54) is 6.33 Å². The van der Waals surface area contributed by atoms with Gasteiger partial charge in [0.15, 0.2) is 0 Å². The second-order valence-electron chi connectivity index (χ2n) is 4.38. The lowest BCUT2D eigenvalue weighted by molar-refractivity contribution is 0.305. The predicted molar refractivity (Wildman–Crippen MR) is 82.1 cm³/mol. The molecule has 0 spiro atoms. The maximum Gasteiger partial charge on any atom is 0.218 e. The Morgan fingerprint density at radius 1 is 1.14 bits per heavy atom. The molecule has 0 aliphatic carbocycles. The van der Waals surface area contributed by atoms with Crippen molar-refractivity contribution in [2.75, 3.05) is 25.1 Å². The first kappa shape index (κ1) is 15.1. The van der Waals surface area contributed by atoms with Gasteiger partial charge in [0.1, 0.15) is 24.5 Å². The number of hydrogen-bond acceptors (Lipinski definition) is 6. The molecule has 1 aromatic carbocycles. The third-order valence-electron chi connectivity index (χ3n) is 2.59. The van der Waals surface area contributed by atoms with Crippen molar-refractivity contribution in [1.29, 1.82) is 0 Å². The Morgan fingerprint density at radius 2 is 2.05 bits per heavy atom. The average molecular weight is 288 g/mol. The summed E-state index contributed by atoms with van der Waals surface area (Å²) in [5.74, 6) is 2.00. The molecule has 6 nitrogen and oxygen atoms in total. The summed E-state index contributed by atoms with van der Waals surface area (Å²) >= 11 is 0. The number of nitrogens with two attached hydrogens (primary N) is 1. The minimum absolute atomic E-state index is 0.488. The van der Waals surface area contributed by atoms with E-state index in [1.807, 2.05) is 31.2 Å². The van der Waals surface area contributed by atoms with E-state index in [-0.39, 0.29) is 0 Å². The topological polar surface area (TPSA) is 82.3 Å². The first-order valence-corrected chi connectivity index (χ1v) is 6.96. The number of aromatic nitrogens is 2. The first-order valence-electron chi connectivity index (χ1n) is 6.96. The summed E-state index contributed by atoms with van der Waals surface area (Å²) in [7, 11) is 0. The third kappa shape index (κ3) is 4.92. The molecule has 3 N–H and O–H groups in total. The van der Waals surface area contributed by atoms with Crippen LogP contribution in [0, 0.1) is 0 Å². The van der Waals surface area contributed by atoms with Crippen molar-refractivity contribution in [3.63, 3.8) is 0 Å². The smallest absolute Gasteiger partial charge is 0.218 e. The van der Waals surface area contributed by atoms with Gasteiger partial charge in [-0.15, -0.1) is 0 Å². The zero-order valence-electron chi connectivity index (χ0n) is 12.1. The fraction of sp³-hybridized carbons (Fsp3) is 0.333. The van der Waals surface area contributed by atoms with Crippen LogP contribution in [0.4, 0.5) is 11.5 Å². The van der Waals surface area contributed by atoms with E-state index in [0.717, 1.165) is 17.9 Å². The van der Waals surface area contributed by atoms with Gasteiger partial charge in [0, 0.05) is 24.4 Å². The van der Waals surface area contributed by atoms with Gasteiger partial charge in [0.2, 0.25) is 5.88 Å². The molecule has 0 saturated heterocycles. The van der Waals surface area contributed by atoms with Gasteiger partial charge in [-0.05, 0) is 18.6 Å². The highest BCUT2D eigenvalue weighted by molar-refractivity contribution is 5.58. The Kier molecular flexibility index (Phi) is 5.78. The van der Waals surface area contributed by atoms with E-state index in [4.69, 9.17) is 15.2 Å². The Bertz CT molecular complexity index is 513. The molecule has 0 amide bonds. The second-order valence-corrected chi connectivity index (χ2v) is 4.38. The van der Waals surface area contributed by atoms with Gasteiger partial charge in [-0.1, -0.05) is 13.0 Å². The number of hydrogen-bond donors (Lipinski definition) is 2. The highest BCUT2D eigenvalue weighted by atomic mass is 16.5. The molecule has 2 rings (SSSR count). The van der Waals surface area contributed by atoms with E-state index in [0.29, 0.717) is 31.5 Å². The molecule has 0 atom stereocenters. The lowest BCUT2D eigenvalue weighted by atomic mass is 10.3. The third-order valence-corrected chi connectivity index (χ3v) is 2.59. The maximum absolute atomic E-state index is 5.49. The molecule has 6 heteroatoms. The van der Waals surface area contributed by atoms with Crippen LogP contribution in [0.1, 0.15) is 13.3 Å². The molecule has 1 heterocycles. The number of ether oxygens (including phenoxy) is 2. The summed E-state index contributed by atoms with van der Waals surface area (Å²) in [6, 6.07) is 9.39. The van der Waals surface area contributed by atoms with E-state index >= 15 is 0 Å². The van der Waals surface area contributed by atoms with E-state index in [2.05, 4.69) is 15.3 Å². The van der Waals surface area contributed by atoms with Crippen LogP contribution in [0.2, 0.25) is 0 Å². The molecule has 21 heavy (non-hydrogen) atoms. The minimum atomic E-state index is 0.488. The number of nitrogens with one attached hydrogen (secondary N) is 1. The molecule has 0 saturated carbocycles. The molecule has 2 aromatic rings. The van der Waals surface area contributed by atoms with E-state index < -0.39 is 0 Å².